The molecule has 2 aromatic heterocycles. The molecule has 1 aromatic carbocycles. The van der Waals surface area contributed by atoms with Gasteiger partial charge in [-0.25, -0.2) is 4.98 Å². The molecule has 5 nitrogen and oxygen atoms in total. The summed E-state index contributed by atoms with van der Waals surface area (Å²) in [5, 5.41) is 4.28. The molecule has 1 saturated carbocycles. The van der Waals surface area contributed by atoms with Crippen LogP contribution in [0.5, 0.6) is 0 Å². The molecule has 4 heterocycles. The van der Waals surface area contributed by atoms with Gasteiger partial charge in [0.05, 0.1) is 21.8 Å². The zero-order chi connectivity index (χ0) is 23.6. The number of thioether (sulfide) groups is 1. The van der Waals surface area contributed by atoms with Crippen LogP contribution in [0, 0.1) is 11.8 Å². The fraction of sp³-hybridized carbons (Fsp3) is 0.448. The van der Waals surface area contributed by atoms with Gasteiger partial charge in [0.1, 0.15) is 5.65 Å². The fourth-order valence-electron chi connectivity index (χ4n) is 6.08. The summed E-state index contributed by atoms with van der Waals surface area (Å²) in [6.07, 6.45) is 11.4. The highest BCUT2D eigenvalue weighted by molar-refractivity contribution is 8.04. The number of halogens is 2. The Morgan fingerprint density at radius 2 is 1.65 bits per heavy atom. The van der Waals surface area contributed by atoms with Gasteiger partial charge in [-0.2, -0.15) is 0 Å². The van der Waals surface area contributed by atoms with E-state index in [1.165, 1.54) is 75.5 Å². The van der Waals surface area contributed by atoms with Gasteiger partial charge in [0.2, 0.25) is 0 Å². The van der Waals surface area contributed by atoms with E-state index in [0.717, 1.165) is 39.7 Å². The quantitative estimate of drug-likeness (QED) is 0.379. The molecule has 37 heavy (non-hydrogen) atoms. The maximum Gasteiger partial charge on any atom is 0.258 e. The van der Waals surface area contributed by atoms with Crippen molar-refractivity contribution in [3.05, 3.63) is 70.9 Å². The number of hydrogen-bond acceptors (Lipinski definition) is 4. The predicted octanol–water partition coefficient (Wildman–Crippen LogP) is 6.43. The molecular weight excluding hydrogens is 523 g/mol. The molecule has 6 rings (SSSR count). The largest absolute Gasteiger partial charge is 0.351 e. The van der Waals surface area contributed by atoms with Crippen LogP contribution < -0.4 is 5.32 Å². The summed E-state index contributed by atoms with van der Waals surface area (Å²) in [5.74, 6) is 2.19. The smallest absolute Gasteiger partial charge is 0.258 e. The van der Waals surface area contributed by atoms with Gasteiger partial charge >= 0.3 is 0 Å². The lowest BCUT2D eigenvalue weighted by Gasteiger charge is -2.36. The topological polar surface area (TPSA) is 49.6 Å². The third-order valence-electron chi connectivity index (χ3n) is 8.13. The first-order valence-corrected chi connectivity index (χ1v) is 14.0. The van der Waals surface area contributed by atoms with E-state index in [0.29, 0.717) is 5.92 Å². The number of nitrogens with one attached hydrogen (secondary N) is 1. The van der Waals surface area contributed by atoms with Crippen molar-refractivity contribution in [3.8, 4) is 0 Å². The molecule has 1 amide bonds. The zero-order valence-electron chi connectivity index (χ0n) is 21.1. The lowest BCUT2D eigenvalue weighted by atomic mass is 9.81. The Labute approximate surface area is 236 Å². The SMILES string of the molecule is Cl.Cl.O=C(NCC1CCC(CN2CCC(c3ccccc3)CC2)CC1)C1=Cc2cnc3cccc(n23)S1. The van der Waals surface area contributed by atoms with Crippen LogP contribution in [-0.2, 0) is 4.79 Å². The van der Waals surface area contributed by atoms with Crippen molar-refractivity contribution in [1.82, 2.24) is 19.6 Å². The van der Waals surface area contributed by atoms with E-state index < -0.39 is 0 Å². The van der Waals surface area contributed by atoms with Gasteiger partial charge in [0.25, 0.3) is 5.91 Å². The number of benzene rings is 1. The summed E-state index contributed by atoms with van der Waals surface area (Å²) < 4.78 is 2.10. The average molecular weight is 560 g/mol. The minimum absolute atomic E-state index is 0. The number of carbonyl (C=O) groups is 1. The lowest BCUT2D eigenvalue weighted by Crippen LogP contribution is -2.38. The van der Waals surface area contributed by atoms with Gasteiger partial charge in [-0.1, -0.05) is 48.2 Å². The Bertz CT molecular complexity index is 1220. The van der Waals surface area contributed by atoms with E-state index in [-0.39, 0.29) is 30.7 Å². The van der Waals surface area contributed by atoms with Crippen molar-refractivity contribution in [2.75, 3.05) is 26.2 Å². The van der Waals surface area contributed by atoms with Crippen LogP contribution in [0.3, 0.4) is 0 Å². The number of carbonyl (C=O) groups excluding carboxylic acids is 1. The third-order valence-corrected chi connectivity index (χ3v) is 9.18. The highest BCUT2D eigenvalue weighted by atomic mass is 35.5. The number of aromatic nitrogens is 2. The van der Waals surface area contributed by atoms with E-state index in [1.54, 1.807) is 0 Å². The Kier molecular flexibility index (Phi) is 9.62. The minimum atomic E-state index is 0. The summed E-state index contributed by atoms with van der Waals surface area (Å²) in [4.78, 5) is 20.8. The summed E-state index contributed by atoms with van der Waals surface area (Å²) in [7, 11) is 0. The van der Waals surface area contributed by atoms with Crippen molar-refractivity contribution in [1.29, 1.82) is 0 Å². The number of rotatable bonds is 6. The summed E-state index contributed by atoms with van der Waals surface area (Å²) in [6, 6.07) is 17.1. The monoisotopic (exact) mass is 558 g/mol. The molecule has 0 bridgehead atoms. The van der Waals surface area contributed by atoms with Crippen LogP contribution in [0.15, 0.2) is 64.7 Å². The molecule has 3 aromatic rings. The van der Waals surface area contributed by atoms with E-state index in [1.807, 2.05) is 24.4 Å². The number of hydrogen-bond donors (Lipinski definition) is 1. The molecule has 1 saturated heterocycles. The summed E-state index contributed by atoms with van der Waals surface area (Å²) in [6.45, 7) is 4.50. The van der Waals surface area contributed by atoms with E-state index in [2.05, 4.69) is 56.0 Å². The van der Waals surface area contributed by atoms with E-state index in [4.69, 9.17) is 0 Å². The van der Waals surface area contributed by atoms with Gasteiger partial charge in [-0.15, -0.1) is 24.8 Å². The van der Waals surface area contributed by atoms with Crippen LogP contribution >= 0.6 is 36.6 Å². The highest BCUT2D eigenvalue weighted by Gasteiger charge is 2.27. The number of piperidine rings is 1. The number of nitrogens with zero attached hydrogens (tertiary/aromatic N) is 3. The first-order valence-electron chi connectivity index (χ1n) is 13.1. The van der Waals surface area contributed by atoms with Gasteiger partial charge in [-0.3, -0.25) is 9.20 Å². The zero-order valence-corrected chi connectivity index (χ0v) is 23.5. The second-order valence-corrected chi connectivity index (χ2v) is 11.5. The second kappa shape index (κ2) is 12.7. The van der Waals surface area contributed by atoms with Crippen molar-refractivity contribution in [2.45, 2.75) is 49.5 Å². The van der Waals surface area contributed by atoms with Crippen molar-refractivity contribution < 1.29 is 4.79 Å². The maximum atomic E-state index is 12.9. The standard InChI is InChI=1S/C29H34N4OS.2ClH/c34-29(26-17-25-19-30-27-7-4-8-28(35-26)33(25)27)31-18-21-9-11-22(12-10-21)20-32-15-13-24(14-16-32)23-5-2-1-3-6-23;;/h1-8,17,19,21-22,24H,9-16,18,20H2,(H,31,34);2*1H. The Balaban J connectivity index is 0.00000160. The number of amides is 1. The van der Waals surface area contributed by atoms with Crippen LogP contribution in [0.25, 0.3) is 11.7 Å². The Morgan fingerprint density at radius 1 is 0.919 bits per heavy atom. The van der Waals surface area contributed by atoms with Crippen molar-refractivity contribution >= 4 is 54.2 Å². The van der Waals surface area contributed by atoms with Gasteiger partial charge in [0.15, 0.2) is 0 Å². The molecule has 0 atom stereocenters. The summed E-state index contributed by atoms with van der Waals surface area (Å²) >= 11 is 1.53. The first-order chi connectivity index (χ1) is 17.2. The van der Waals surface area contributed by atoms with Gasteiger partial charge in [0, 0.05) is 13.1 Å². The molecule has 198 valence electrons. The molecule has 0 radical (unpaired) electrons. The molecule has 2 fully saturated rings. The van der Waals surface area contributed by atoms with Crippen molar-refractivity contribution in [2.24, 2.45) is 11.8 Å². The van der Waals surface area contributed by atoms with Gasteiger partial charge in [-0.05, 0) is 93.1 Å². The molecule has 0 spiro atoms. The van der Waals surface area contributed by atoms with Crippen LogP contribution in [0.4, 0.5) is 0 Å². The van der Waals surface area contributed by atoms with E-state index >= 15 is 0 Å². The third kappa shape index (κ3) is 6.36. The van der Waals surface area contributed by atoms with E-state index in [9.17, 15) is 4.79 Å². The Morgan fingerprint density at radius 3 is 2.41 bits per heavy atom. The molecule has 2 aliphatic heterocycles. The molecular formula is C29H36Cl2N4OS. The van der Waals surface area contributed by atoms with Crippen molar-refractivity contribution in [3.63, 3.8) is 0 Å². The number of imidazole rings is 1. The molecule has 0 unspecified atom stereocenters. The number of likely N-dealkylation sites (tertiary alicyclic amines) is 1. The second-order valence-electron chi connectivity index (χ2n) is 10.4. The van der Waals surface area contributed by atoms with Crippen LogP contribution in [0.2, 0.25) is 0 Å². The normalized spacial score (nSPS) is 22.0. The maximum absolute atomic E-state index is 12.9. The predicted molar refractivity (Wildman–Crippen MR) is 157 cm³/mol. The van der Waals surface area contributed by atoms with Gasteiger partial charge < -0.3 is 10.2 Å². The molecule has 1 N–H and O–H groups in total. The highest BCUT2D eigenvalue weighted by Crippen LogP contribution is 2.35. The molecule has 8 heteroatoms. The number of pyridine rings is 1. The fourth-order valence-corrected chi connectivity index (χ4v) is 7.09. The molecule has 1 aliphatic carbocycles. The molecule has 3 aliphatic rings. The summed E-state index contributed by atoms with van der Waals surface area (Å²) in [5.41, 5.74) is 3.42. The first kappa shape index (κ1) is 28.0. The minimum Gasteiger partial charge on any atom is -0.351 e. The Hall–Kier alpha value is -1.99. The lowest BCUT2D eigenvalue weighted by molar-refractivity contribution is -0.117. The van der Waals surface area contributed by atoms with Crippen LogP contribution in [-0.4, -0.2) is 46.4 Å². The van der Waals surface area contributed by atoms with Crippen LogP contribution in [0.1, 0.15) is 55.7 Å². The average Bonchev–Trinajstić information content (AvgIpc) is 3.33.